The standard InChI is InChI=1S/C26H40N4O4/c1-25(2,21-31)19-29(33)17-23-7-13-27(14-8-23)11-5-6-12-28-15-9-24(10-16-28)18-30(34)20-26(3,4)22-32/h7-10,13-18,31-32H,5-6,11-12,19-22H2,1-4H3/q+2/b29-17-,30-18-. The van der Waals surface area contributed by atoms with Crippen LogP contribution in [0.25, 0.3) is 0 Å². The van der Waals surface area contributed by atoms with Crippen LogP contribution < -0.4 is 9.13 Å². The van der Waals surface area contributed by atoms with E-state index in [4.69, 9.17) is 0 Å². The summed E-state index contributed by atoms with van der Waals surface area (Å²) in [6.07, 6.45) is 13.0. The van der Waals surface area contributed by atoms with Gasteiger partial charge in [-0.05, 0) is 0 Å². The molecule has 0 aliphatic heterocycles. The molecule has 186 valence electrons. The van der Waals surface area contributed by atoms with Crippen LogP contribution in [0.4, 0.5) is 0 Å². The zero-order chi connectivity index (χ0) is 25.2. The van der Waals surface area contributed by atoms with Gasteiger partial charge in [0.2, 0.25) is 0 Å². The molecular weight excluding hydrogens is 432 g/mol. The summed E-state index contributed by atoms with van der Waals surface area (Å²) in [6.45, 7) is 9.63. The Hall–Kier alpha value is -2.84. The minimum Gasteiger partial charge on any atom is -0.624 e. The molecule has 0 aliphatic carbocycles. The van der Waals surface area contributed by atoms with E-state index in [1.165, 1.54) is 0 Å². The van der Waals surface area contributed by atoms with E-state index in [1.54, 1.807) is 12.4 Å². The molecule has 0 radical (unpaired) electrons. The second kappa shape index (κ2) is 12.6. The quantitative estimate of drug-likeness (QED) is 0.152. The highest BCUT2D eigenvalue weighted by molar-refractivity contribution is 5.75. The fraction of sp³-hybridized carbons (Fsp3) is 0.538. The van der Waals surface area contributed by atoms with Crippen LogP contribution in [0, 0.1) is 21.2 Å². The van der Waals surface area contributed by atoms with Gasteiger partial charge in [0.25, 0.3) is 0 Å². The number of unbranched alkanes of at least 4 members (excludes halogenated alkanes) is 1. The number of aryl methyl sites for hydroxylation is 2. The molecule has 0 bridgehead atoms. The van der Waals surface area contributed by atoms with Gasteiger partial charge >= 0.3 is 0 Å². The predicted octanol–water partition coefficient (Wildman–Crippen LogP) is 1.64. The molecular formula is C26H40N4O4+2. The first-order valence-corrected chi connectivity index (χ1v) is 11.8. The summed E-state index contributed by atoms with van der Waals surface area (Å²) in [5.74, 6) is 0. The first-order valence-electron chi connectivity index (χ1n) is 11.8. The molecule has 0 unspecified atom stereocenters. The molecule has 0 aromatic carbocycles. The summed E-state index contributed by atoms with van der Waals surface area (Å²) in [5, 5.41) is 42.7. The van der Waals surface area contributed by atoms with E-state index in [0.717, 1.165) is 46.5 Å². The maximum absolute atomic E-state index is 12.1. The Morgan fingerprint density at radius 1 is 0.706 bits per heavy atom. The van der Waals surface area contributed by atoms with E-state index in [0.29, 0.717) is 0 Å². The van der Waals surface area contributed by atoms with Crippen molar-refractivity contribution in [1.82, 2.24) is 0 Å². The minimum atomic E-state index is -0.433. The van der Waals surface area contributed by atoms with Gasteiger partial charge in [0.05, 0.1) is 24.3 Å². The molecule has 8 nitrogen and oxygen atoms in total. The molecule has 0 atom stereocenters. The summed E-state index contributed by atoms with van der Waals surface area (Å²) in [6, 6.07) is 7.67. The maximum Gasteiger partial charge on any atom is 0.182 e. The summed E-state index contributed by atoms with van der Waals surface area (Å²) in [4.78, 5) is 0. The number of hydrogen-bond donors (Lipinski definition) is 2. The summed E-state index contributed by atoms with van der Waals surface area (Å²) < 4.78 is 5.95. The van der Waals surface area contributed by atoms with Crippen molar-refractivity contribution in [2.24, 2.45) is 10.8 Å². The molecule has 2 aromatic heterocycles. The van der Waals surface area contributed by atoms with Crippen LogP contribution in [0.15, 0.2) is 49.1 Å². The molecule has 0 saturated heterocycles. The van der Waals surface area contributed by atoms with Crippen molar-refractivity contribution in [3.63, 3.8) is 0 Å². The number of hydroxylamine groups is 2. The van der Waals surface area contributed by atoms with Gasteiger partial charge in [-0.25, -0.2) is 18.6 Å². The SMILES string of the molecule is CC(C)(CO)C/[N+]([O-])=C/c1cc[n+](CCCC[n+]2ccc(/C=[N+](\[O-])CC(C)(C)CO)cc2)cc1. The average molecular weight is 473 g/mol. The number of aliphatic hydroxyl groups excluding tert-OH is 2. The minimum absolute atomic E-state index is 0.0299. The van der Waals surface area contributed by atoms with Crippen molar-refractivity contribution >= 4 is 12.4 Å². The van der Waals surface area contributed by atoms with E-state index in [2.05, 4.69) is 9.13 Å². The molecule has 2 N–H and O–H groups in total. The van der Waals surface area contributed by atoms with Crippen LogP contribution in [-0.4, -0.2) is 58.4 Å². The van der Waals surface area contributed by atoms with Gasteiger partial charge in [-0.15, -0.1) is 0 Å². The average Bonchev–Trinajstić information content (AvgIpc) is 2.78. The fourth-order valence-electron chi connectivity index (χ4n) is 3.36. The number of nitrogens with zero attached hydrogens (tertiary/aromatic N) is 4. The first kappa shape index (κ1) is 27.4. The van der Waals surface area contributed by atoms with Crippen molar-refractivity contribution in [3.8, 4) is 0 Å². The van der Waals surface area contributed by atoms with Crippen LogP contribution in [0.2, 0.25) is 0 Å². The van der Waals surface area contributed by atoms with E-state index in [1.807, 2.05) is 76.7 Å². The molecule has 0 amide bonds. The molecule has 0 saturated carbocycles. The molecule has 0 spiro atoms. The van der Waals surface area contributed by atoms with Gasteiger partial charge in [-0.2, -0.15) is 0 Å². The zero-order valence-corrected chi connectivity index (χ0v) is 20.9. The fourth-order valence-corrected chi connectivity index (χ4v) is 3.36. The topological polar surface area (TPSA) is 100 Å². The Bertz CT molecular complexity index is 872. The number of rotatable bonds is 13. The lowest BCUT2D eigenvalue weighted by atomic mass is 9.95. The highest BCUT2D eigenvalue weighted by Gasteiger charge is 2.22. The predicted molar refractivity (Wildman–Crippen MR) is 132 cm³/mol. The highest BCUT2D eigenvalue weighted by Crippen LogP contribution is 2.14. The molecule has 0 aliphatic rings. The van der Waals surface area contributed by atoms with Crippen molar-refractivity contribution in [2.75, 3.05) is 26.3 Å². The largest absolute Gasteiger partial charge is 0.624 e. The van der Waals surface area contributed by atoms with E-state index < -0.39 is 10.8 Å². The number of aliphatic hydroxyl groups is 2. The van der Waals surface area contributed by atoms with Crippen LogP contribution in [-0.2, 0) is 13.1 Å². The lowest BCUT2D eigenvalue weighted by molar-refractivity contribution is -0.708. The normalized spacial score (nSPS) is 13.4. The summed E-state index contributed by atoms with van der Waals surface area (Å²) in [7, 11) is 0. The smallest absolute Gasteiger partial charge is 0.182 e. The molecule has 2 rings (SSSR count). The van der Waals surface area contributed by atoms with Crippen LogP contribution in [0.3, 0.4) is 0 Å². The maximum atomic E-state index is 12.1. The Balaban J connectivity index is 1.78. The highest BCUT2D eigenvalue weighted by atomic mass is 16.5. The zero-order valence-electron chi connectivity index (χ0n) is 20.9. The number of aromatic nitrogens is 2. The van der Waals surface area contributed by atoms with Gasteiger partial charge in [0, 0.05) is 47.9 Å². The van der Waals surface area contributed by atoms with Crippen molar-refractivity contribution in [1.29, 1.82) is 0 Å². The Kier molecular flexibility index (Phi) is 10.1. The van der Waals surface area contributed by atoms with Crippen LogP contribution >= 0.6 is 0 Å². The Morgan fingerprint density at radius 2 is 1.03 bits per heavy atom. The second-order valence-corrected chi connectivity index (χ2v) is 10.5. The second-order valence-electron chi connectivity index (χ2n) is 10.5. The van der Waals surface area contributed by atoms with E-state index in [9.17, 15) is 20.6 Å². The van der Waals surface area contributed by atoms with Crippen molar-refractivity contribution in [3.05, 3.63) is 70.6 Å². The lowest BCUT2D eigenvalue weighted by Gasteiger charge is -2.19. The molecule has 8 heteroatoms. The third kappa shape index (κ3) is 9.97. The Morgan fingerprint density at radius 3 is 1.32 bits per heavy atom. The lowest BCUT2D eigenvalue weighted by Crippen LogP contribution is -2.35. The molecule has 0 fully saturated rings. The molecule has 2 aromatic rings. The third-order valence-corrected chi connectivity index (χ3v) is 5.53. The van der Waals surface area contributed by atoms with Gasteiger partial charge in [-0.1, -0.05) is 27.7 Å². The Labute approximate surface area is 202 Å². The van der Waals surface area contributed by atoms with Gasteiger partial charge in [0.15, 0.2) is 50.3 Å². The third-order valence-electron chi connectivity index (χ3n) is 5.53. The van der Waals surface area contributed by atoms with Crippen molar-refractivity contribution < 1.29 is 28.8 Å². The van der Waals surface area contributed by atoms with Gasteiger partial charge in [-0.3, -0.25) is 0 Å². The van der Waals surface area contributed by atoms with Crippen molar-refractivity contribution in [2.45, 2.75) is 53.6 Å². The van der Waals surface area contributed by atoms with E-state index in [-0.39, 0.29) is 26.3 Å². The summed E-state index contributed by atoms with van der Waals surface area (Å²) in [5.41, 5.74) is 0.808. The summed E-state index contributed by atoms with van der Waals surface area (Å²) >= 11 is 0. The van der Waals surface area contributed by atoms with E-state index >= 15 is 0 Å². The monoisotopic (exact) mass is 472 g/mol. The van der Waals surface area contributed by atoms with Gasteiger partial charge < -0.3 is 20.6 Å². The van der Waals surface area contributed by atoms with Crippen LogP contribution in [0.5, 0.6) is 0 Å². The molecule has 2 heterocycles. The number of pyridine rings is 2. The molecule has 34 heavy (non-hydrogen) atoms. The first-order chi connectivity index (χ1) is 16.0. The number of hydrogen-bond acceptors (Lipinski definition) is 4. The van der Waals surface area contributed by atoms with Gasteiger partial charge in [0.1, 0.15) is 13.1 Å². The van der Waals surface area contributed by atoms with Crippen LogP contribution in [0.1, 0.15) is 51.7 Å².